The van der Waals surface area contributed by atoms with E-state index in [1.165, 1.54) is 5.69 Å². The zero-order valence-corrected chi connectivity index (χ0v) is 15.7. The fourth-order valence-electron chi connectivity index (χ4n) is 2.64. The number of nitrogens with zero attached hydrogens (tertiary/aromatic N) is 3. The molecule has 2 aromatic rings. The van der Waals surface area contributed by atoms with Crippen LogP contribution in [0.3, 0.4) is 0 Å². The Hall–Kier alpha value is -2.63. The first-order chi connectivity index (χ1) is 12.1. The third-order valence-electron chi connectivity index (χ3n) is 4.00. The third-order valence-corrected chi connectivity index (χ3v) is 4.00. The Kier molecular flexibility index (Phi) is 6.74. The Labute approximate surface area is 150 Å². The summed E-state index contributed by atoms with van der Waals surface area (Å²) in [5.74, 6) is 2.35. The maximum absolute atomic E-state index is 5.56. The van der Waals surface area contributed by atoms with Gasteiger partial charge >= 0.3 is 0 Å². The number of guanidine groups is 1. The summed E-state index contributed by atoms with van der Waals surface area (Å²) in [7, 11) is 7.52. The monoisotopic (exact) mass is 344 g/mol. The Balaban J connectivity index is 1.99. The van der Waals surface area contributed by atoms with Crippen molar-refractivity contribution in [2.24, 2.45) is 12.0 Å². The van der Waals surface area contributed by atoms with Crippen LogP contribution in [-0.4, -0.2) is 43.2 Å². The van der Waals surface area contributed by atoms with Crippen molar-refractivity contribution < 1.29 is 9.47 Å². The molecule has 0 bridgehead atoms. The SMILES string of the molecule is CCOc1ccc(CNC(=NC)N(C)Cc2cccn2C)cc1OC. The van der Waals surface area contributed by atoms with E-state index in [0.717, 1.165) is 29.6 Å². The van der Waals surface area contributed by atoms with Crippen molar-refractivity contribution in [3.63, 3.8) is 0 Å². The molecule has 0 saturated carbocycles. The van der Waals surface area contributed by atoms with E-state index in [2.05, 4.69) is 25.8 Å². The van der Waals surface area contributed by atoms with Gasteiger partial charge in [0.2, 0.25) is 0 Å². The number of aliphatic imine (C=N–C) groups is 1. The number of methoxy groups -OCH3 is 1. The molecule has 0 saturated heterocycles. The minimum atomic E-state index is 0.616. The molecule has 2 rings (SSSR count). The molecule has 0 unspecified atom stereocenters. The highest BCUT2D eigenvalue weighted by molar-refractivity contribution is 5.79. The number of hydrogen-bond acceptors (Lipinski definition) is 3. The van der Waals surface area contributed by atoms with Crippen LogP contribution < -0.4 is 14.8 Å². The average Bonchev–Trinajstić information content (AvgIpc) is 3.01. The smallest absolute Gasteiger partial charge is 0.194 e. The Morgan fingerprint density at radius 3 is 2.68 bits per heavy atom. The lowest BCUT2D eigenvalue weighted by molar-refractivity contribution is 0.310. The van der Waals surface area contributed by atoms with E-state index in [9.17, 15) is 0 Å². The van der Waals surface area contributed by atoms with Crippen molar-refractivity contribution in [3.05, 3.63) is 47.8 Å². The van der Waals surface area contributed by atoms with Crippen LogP contribution in [0.5, 0.6) is 11.5 Å². The van der Waals surface area contributed by atoms with Gasteiger partial charge in [0.05, 0.1) is 20.3 Å². The highest BCUT2D eigenvalue weighted by Gasteiger charge is 2.10. The maximum atomic E-state index is 5.56. The van der Waals surface area contributed by atoms with Crippen LogP contribution in [0.15, 0.2) is 41.5 Å². The fraction of sp³-hybridized carbons (Fsp3) is 0.421. The highest BCUT2D eigenvalue weighted by Crippen LogP contribution is 2.27. The van der Waals surface area contributed by atoms with E-state index < -0.39 is 0 Å². The molecule has 0 radical (unpaired) electrons. The lowest BCUT2D eigenvalue weighted by Gasteiger charge is -2.22. The van der Waals surface area contributed by atoms with Gasteiger partial charge in [0.25, 0.3) is 0 Å². The summed E-state index contributed by atoms with van der Waals surface area (Å²) in [6.07, 6.45) is 2.05. The molecule has 6 nitrogen and oxygen atoms in total. The molecular formula is C19H28N4O2. The number of aromatic nitrogens is 1. The third kappa shape index (κ3) is 4.92. The molecule has 0 atom stereocenters. The van der Waals surface area contributed by atoms with Gasteiger partial charge in [-0.3, -0.25) is 4.99 Å². The molecule has 1 heterocycles. The minimum Gasteiger partial charge on any atom is -0.493 e. The molecule has 0 aliphatic heterocycles. The largest absolute Gasteiger partial charge is 0.493 e. The second-order valence-electron chi connectivity index (χ2n) is 5.79. The van der Waals surface area contributed by atoms with Gasteiger partial charge in [-0.1, -0.05) is 6.07 Å². The molecule has 0 amide bonds. The number of rotatable bonds is 7. The molecule has 1 N–H and O–H groups in total. The van der Waals surface area contributed by atoms with Crippen LogP contribution in [0, 0.1) is 0 Å². The van der Waals surface area contributed by atoms with Crippen molar-refractivity contribution in [1.29, 1.82) is 0 Å². The highest BCUT2D eigenvalue weighted by atomic mass is 16.5. The lowest BCUT2D eigenvalue weighted by Crippen LogP contribution is -2.38. The summed E-state index contributed by atoms with van der Waals surface area (Å²) in [5.41, 5.74) is 2.34. The second kappa shape index (κ2) is 9.01. The molecule has 0 spiro atoms. The normalized spacial score (nSPS) is 11.3. The Bertz CT molecular complexity index is 709. The van der Waals surface area contributed by atoms with Crippen molar-refractivity contribution in [1.82, 2.24) is 14.8 Å². The molecule has 1 aromatic carbocycles. The Morgan fingerprint density at radius 2 is 2.08 bits per heavy atom. The molecule has 6 heteroatoms. The molecule has 0 aliphatic rings. The van der Waals surface area contributed by atoms with Gasteiger partial charge in [-0.05, 0) is 36.8 Å². The van der Waals surface area contributed by atoms with Crippen LogP contribution in [0.2, 0.25) is 0 Å². The van der Waals surface area contributed by atoms with Gasteiger partial charge in [-0.15, -0.1) is 0 Å². The van der Waals surface area contributed by atoms with E-state index in [1.54, 1.807) is 14.2 Å². The Morgan fingerprint density at radius 1 is 1.28 bits per heavy atom. The van der Waals surface area contributed by atoms with Crippen molar-refractivity contribution in [3.8, 4) is 11.5 Å². The van der Waals surface area contributed by atoms with E-state index >= 15 is 0 Å². The fourth-order valence-corrected chi connectivity index (χ4v) is 2.64. The number of ether oxygens (including phenoxy) is 2. The topological polar surface area (TPSA) is 51.0 Å². The van der Waals surface area contributed by atoms with Gasteiger partial charge in [0.1, 0.15) is 0 Å². The standard InChI is InChI=1S/C19H28N4O2/c1-6-25-17-10-9-15(12-18(17)24-5)13-21-19(20-2)23(4)14-16-8-7-11-22(16)3/h7-12H,6,13-14H2,1-5H3,(H,20,21). The molecule has 0 fully saturated rings. The van der Waals surface area contributed by atoms with E-state index in [0.29, 0.717) is 13.2 Å². The van der Waals surface area contributed by atoms with Gasteiger partial charge in [0, 0.05) is 39.6 Å². The van der Waals surface area contributed by atoms with Crippen LogP contribution in [0.25, 0.3) is 0 Å². The van der Waals surface area contributed by atoms with E-state index in [1.807, 2.05) is 51.5 Å². The summed E-state index contributed by atoms with van der Waals surface area (Å²) in [5, 5.41) is 3.39. The predicted molar refractivity (Wildman–Crippen MR) is 101 cm³/mol. The van der Waals surface area contributed by atoms with Crippen LogP contribution in [0.1, 0.15) is 18.2 Å². The lowest BCUT2D eigenvalue weighted by atomic mass is 10.2. The summed E-state index contributed by atoms with van der Waals surface area (Å²) in [6.45, 7) is 4.02. The molecular weight excluding hydrogens is 316 g/mol. The van der Waals surface area contributed by atoms with E-state index in [4.69, 9.17) is 9.47 Å². The number of hydrogen-bond donors (Lipinski definition) is 1. The zero-order chi connectivity index (χ0) is 18.2. The first-order valence-corrected chi connectivity index (χ1v) is 8.40. The van der Waals surface area contributed by atoms with Crippen molar-refractivity contribution in [2.75, 3.05) is 27.8 Å². The summed E-state index contributed by atoms with van der Waals surface area (Å²) < 4.78 is 13.1. The van der Waals surface area contributed by atoms with Crippen LogP contribution in [0.4, 0.5) is 0 Å². The van der Waals surface area contributed by atoms with Crippen molar-refractivity contribution >= 4 is 5.96 Å². The average molecular weight is 344 g/mol. The molecule has 0 aliphatic carbocycles. The number of aryl methyl sites for hydroxylation is 1. The molecule has 1 aromatic heterocycles. The van der Waals surface area contributed by atoms with Gasteiger partial charge in [-0.25, -0.2) is 0 Å². The molecule has 25 heavy (non-hydrogen) atoms. The van der Waals surface area contributed by atoms with Crippen LogP contribution in [-0.2, 0) is 20.1 Å². The second-order valence-corrected chi connectivity index (χ2v) is 5.79. The first-order valence-electron chi connectivity index (χ1n) is 8.40. The maximum Gasteiger partial charge on any atom is 0.194 e. The summed E-state index contributed by atoms with van der Waals surface area (Å²) in [4.78, 5) is 6.47. The zero-order valence-electron chi connectivity index (χ0n) is 15.7. The van der Waals surface area contributed by atoms with Crippen LogP contribution >= 0.6 is 0 Å². The predicted octanol–water partition coefficient (Wildman–Crippen LogP) is 2.64. The molecule has 136 valence electrons. The first kappa shape index (κ1) is 18.7. The number of benzene rings is 1. The van der Waals surface area contributed by atoms with Gasteiger partial charge in [0.15, 0.2) is 17.5 Å². The van der Waals surface area contributed by atoms with E-state index in [-0.39, 0.29) is 0 Å². The van der Waals surface area contributed by atoms with Crippen molar-refractivity contribution in [2.45, 2.75) is 20.0 Å². The minimum absolute atomic E-state index is 0.616. The van der Waals surface area contributed by atoms with Gasteiger partial charge < -0.3 is 24.3 Å². The summed E-state index contributed by atoms with van der Waals surface area (Å²) in [6, 6.07) is 10.1. The quantitative estimate of drug-likeness (QED) is 0.620. The number of nitrogens with one attached hydrogen (secondary N) is 1. The van der Waals surface area contributed by atoms with Gasteiger partial charge in [-0.2, -0.15) is 0 Å². The summed E-state index contributed by atoms with van der Waals surface area (Å²) >= 11 is 0.